The van der Waals surface area contributed by atoms with E-state index in [4.69, 9.17) is 0 Å². The summed E-state index contributed by atoms with van der Waals surface area (Å²) in [5, 5.41) is 0. The third kappa shape index (κ3) is 4420. The summed E-state index contributed by atoms with van der Waals surface area (Å²) in [6.07, 6.45) is 0. The molecule has 0 fully saturated rings. The Morgan fingerprint density at radius 3 is 0.190 bits per heavy atom. The minimum atomic E-state index is 0. The summed E-state index contributed by atoms with van der Waals surface area (Å²) in [7, 11) is 0. The van der Waals surface area contributed by atoms with E-state index in [0.717, 1.165) is 0 Å². The molecule has 0 aliphatic heterocycles. The number of rotatable bonds is 0. The van der Waals surface area contributed by atoms with Crippen molar-refractivity contribution in [3.8, 4) is 0 Å². The first-order chi connectivity index (χ1) is 0. The molecule has 0 radical (unpaired) electrons. The number of quaternary nitrogens is 6. The van der Waals surface area contributed by atoms with Gasteiger partial charge < -0.3 is 103 Å². The molecule has 30 N–H and O–H groups in total. The van der Waals surface area contributed by atoms with Gasteiger partial charge in [-0.25, -0.2) is 0 Å². The van der Waals surface area contributed by atoms with Crippen LogP contribution in [0.5, 0.6) is 0 Å². The second kappa shape index (κ2) is 4880. The molecule has 0 aliphatic carbocycles. The molecule has 0 atom stereocenters. The summed E-state index contributed by atoms with van der Waals surface area (Å²) >= 11 is 0. The molecular formula is H30Mo3N6O12. The Morgan fingerprint density at radius 2 is 0.190 bits per heavy atom. The van der Waals surface area contributed by atoms with Crippen molar-refractivity contribution in [1.82, 2.24) is 36.9 Å². The first-order valence-corrected chi connectivity index (χ1v) is 0. The Morgan fingerprint density at radius 1 is 0.190 bits per heavy atom. The third-order valence-electron chi connectivity index (χ3n) is 0. The first kappa shape index (κ1) is 5630. The number of hydrogen-bond acceptors (Lipinski definition) is 6. The van der Waals surface area contributed by atoms with E-state index < -0.39 is 0 Å². The van der Waals surface area contributed by atoms with Crippen LogP contribution in [0.1, 0.15) is 0 Å². The zero-order chi connectivity index (χ0) is 0. The predicted molar refractivity (Wildman–Crippen MR) is 51.6 cm³/mol. The van der Waals surface area contributed by atoms with Gasteiger partial charge in [0.2, 0.25) is 0 Å². The van der Waals surface area contributed by atoms with Gasteiger partial charge in [0.1, 0.15) is 0 Å². The summed E-state index contributed by atoms with van der Waals surface area (Å²) < 4.78 is 0. The van der Waals surface area contributed by atoms with Crippen LogP contribution < -0.4 is 36.9 Å². The van der Waals surface area contributed by atoms with Crippen molar-refractivity contribution in [2.75, 3.05) is 0 Å². The molecule has 0 rings (SSSR count). The Bertz CT molecular complexity index is 29.0. The Kier molecular flexibility index (Phi) is 1310000. The van der Waals surface area contributed by atoms with Crippen molar-refractivity contribution in [1.29, 1.82) is 0 Å². The average Bonchev–Trinajstić information content (AvgIpc) is 0. The zero-order valence-electron chi connectivity index (χ0n) is 12.4. The summed E-state index contributed by atoms with van der Waals surface area (Å²) in [6, 6.07) is 0. The van der Waals surface area contributed by atoms with Gasteiger partial charge in [-0.1, -0.05) is 0 Å². The van der Waals surface area contributed by atoms with E-state index in [1.165, 1.54) is 0 Å². The van der Waals surface area contributed by atoms with Crippen LogP contribution in [0.2, 0.25) is 0 Å². The van der Waals surface area contributed by atoms with Crippen LogP contribution in [0.3, 0.4) is 0 Å². The Balaban J connectivity index is 0. The second-order valence-corrected chi connectivity index (χ2v) is 0. The fourth-order valence-corrected chi connectivity index (χ4v) is 0. The van der Waals surface area contributed by atoms with Crippen LogP contribution in [0.15, 0.2) is 0 Å². The molecule has 0 heterocycles. The molecule has 0 aromatic rings. The van der Waals surface area contributed by atoms with E-state index in [0.29, 0.717) is 0 Å². The van der Waals surface area contributed by atoms with E-state index in [2.05, 4.69) is 0 Å². The van der Waals surface area contributed by atoms with Gasteiger partial charge >= 0.3 is 63.2 Å². The van der Waals surface area contributed by atoms with Crippen molar-refractivity contribution in [3.63, 3.8) is 0 Å². The van der Waals surface area contributed by atoms with Crippen molar-refractivity contribution in [2.45, 2.75) is 0 Å². The topological polar surface area (TPSA) is 570 Å². The van der Waals surface area contributed by atoms with Crippen LogP contribution in [0.4, 0.5) is 0 Å². The second-order valence-electron chi connectivity index (χ2n) is 0. The van der Waals surface area contributed by atoms with Gasteiger partial charge in [-0.15, -0.1) is 0 Å². The van der Waals surface area contributed by atoms with Crippen LogP contribution in [0, 0.1) is 0 Å². The molecule has 0 aliphatic rings. The summed E-state index contributed by atoms with van der Waals surface area (Å²) in [5.41, 5.74) is 0. The molecule has 0 spiro atoms. The molecule has 0 bridgehead atoms. The van der Waals surface area contributed by atoms with Gasteiger partial charge in [0.25, 0.3) is 0 Å². The van der Waals surface area contributed by atoms with Gasteiger partial charge in [0.15, 0.2) is 0 Å². The fourth-order valence-electron chi connectivity index (χ4n) is 0. The Labute approximate surface area is 165 Å². The van der Waals surface area contributed by atoms with Gasteiger partial charge in [-0.3, -0.25) is 0 Å². The normalized spacial score (nSPS) is 0. The maximum Gasteiger partial charge on any atom is 4.00 e. The van der Waals surface area contributed by atoms with E-state index >= 15 is 0 Å². The standard InChI is InChI=1S/3Mo.6H3N.6H2O.6O/h;;;6*1H3;6*1H2;;;;;;/q3*+4;;;;;;;;;;;;;6*-2. The maximum absolute atomic E-state index is 0. The minimum absolute atomic E-state index is 0. The molecule has 21 heavy (non-hydrogen) atoms. The maximum atomic E-state index is 0. The van der Waals surface area contributed by atoms with E-state index in [9.17, 15) is 0 Å². The molecule has 0 saturated heterocycles. The van der Waals surface area contributed by atoms with Gasteiger partial charge in [0.05, 0.1) is 0 Å². The molecule has 0 aromatic heterocycles. The predicted octanol–water partition coefficient (Wildman–Crippen LogP) is 0.476. The summed E-state index contributed by atoms with van der Waals surface area (Å²) in [6.45, 7) is 0. The summed E-state index contributed by atoms with van der Waals surface area (Å²) in [5.74, 6) is 0. The SMILES string of the molecule is [Mo+4].[Mo+4].[Mo+4].[NH4+].[NH4+].[NH4+].[NH4+].[NH4+].[NH4+].[O-2].[O-2].[O-2].[O-2].[O-2].[O-2].[OH-].[OH-].[OH-].[OH-].[OH-].[OH-]. The molecule has 18 nitrogen and oxygen atoms in total. The minimum Gasteiger partial charge on any atom is -2.00 e. The monoisotopic (exact) mass is 600 g/mol. The van der Waals surface area contributed by atoms with E-state index in [-0.39, 0.29) is 166 Å². The molecule has 0 unspecified atom stereocenters. The van der Waals surface area contributed by atoms with Gasteiger partial charge in [-0.2, -0.15) is 0 Å². The van der Waals surface area contributed by atoms with Crippen molar-refractivity contribution < 1.29 is 129 Å². The Hall–Kier alpha value is 1.34. The molecule has 0 amide bonds. The van der Waals surface area contributed by atoms with E-state index in [1.807, 2.05) is 0 Å². The van der Waals surface area contributed by atoms with Crippen molar-refractivity contribution >= 4 is 0 Å². The molecule has 150 valence electrons. The molecular weight excluding hydrogens is 564 g/mol. The first-order valence-electron chi connectivity index (χ1n) is 0. The van der Waals surface area contributed by atoms with Crippen molar-refractivity contribution in [3.05, 3.63) is 0 Å². The summed E-state index contributed by atoms with van der Waals surface area (Å²) in [4.78, 5) is 0. The van der Waals surface area contributed by atoms with E-state index in [1.54, 1.807) is 0 Å². The molecule has 0 saturated carbocycles. The largest absolute Gasteiger partial charge is 4.00 e. The molecule has 0 aromatic carbocycles. The van der Waals surface area contributed by atoms with Crippen LogP contribution in [-0.4, -0.2) is 32.9 Å². The molecule has 21 heteroatoms. The van der Waals surface area contributed by atoms with Gasteiger partial charge in [0, 0.05) is 0 Å². The van der Waals surface area contributed by atoms with Crippen LogP contribution in [-0.2, 0) is 96.1 Å². The van der Waals surface area contributed by atoms with Gasteiger partial charge in [-0.05, 0) is 0 Å². The fraction of sp³-hybridized carbons (Fsp3) is 0. The quantitative estimate of drug-likeness (QED) is 0.216. The third-order valence-corrected chi connectivity index (χ3v) is 0. The van der Waals surface area contributed by atoms with Crippen molar-refractivity contribution in [2.24, 2.45) is 0 Å². The smallest absolute Gasteiger partial charge is 2.00 e. The van der Waals surface area contributed by atoms with Crippen LogP contribution >= 0.6 is 0 Å². The zero-order valence-corrected chi connectivity index (χ0v) is 18.4. The van der Waals surface area contributed by atoms with Crippen LogP contribution in [0.25, 0.3) is 0 Å². The number of hydrogen-bond donors (Lipinski definition) is 6. The average molecular weight is 594 g/mol.